The van der Waals surface area contributed by atoms with Crippen LogP contribution in [0.15, 0.2) is 59.5 Å². The van der Waals surface area contributed by atoms with Gasteiger partial charge in [-0.3, -0.25) is 19.6 Å². The largest absolute Gasteiger partial charge is 0.480 e. The summed E-state index contributed by atoms with van der Waals surface area (Å²) in [6.45, 7) is 0. The van der Waals surface area contributed by atoms with Gasteiger partial charge in [-0.2, -0.15) is 4.72 Å². The van der Waals surface area contributed by atoms with E-state index in [1.54, 1.807) is 23.7 Å². The van der Waals surface area contributed by atoms with Gasteiger partial charge in [0, 0.05) is 18.5 Å². The molecule has 11 heteroatoms. The number of carbonyl (C=O) groups is 3. The number of carboxylic acid groups (broad SMARTS) is 1. The van der Waals surface area contributed by atoms with Crippen LogP contribution in [0, 0.1) is 0 Å². The lowest BCUT2D eigenvalue weighted by atomic mass is 10.1. The number of anilines is 1. The summed E-state index contributed by atoms with van der Waals surface area (Å²) in [5.74, 6) is -2.00. The van der Waals surface area contributed by atoms with Gasteiger partial charge in [-0.05, 0) is 42.7 Å². The molecule has 5 N–H and O–H groups in total. The maximum absolute atomic E-state index is 12.6. The van der Waals surface area contributed by atoms with Crippen LogP contribution < -0.4 is 15.5 Å². The lowest BCUT2D eigenvalue weighted by Gasteiger charge is -2.15. The molecule has 178 valence electrons. The number of nitrogens with one attached hydrogen (secondary N) is 3. The molecule has 0 aromatic heterocycles. The van der Waals surface area contributed by atoms with Crippen molar-refractivity contribution >= 4 is 33.5 Å². The predicted molar refractivity (Wildman–Crippen MR) is 120 cm³/mol. The zero-order valence-corrected chi connectivity index (χ0v) is 18.7. The van der Waals surface area contributed by atoms with E-state index in [1.165, 1.54) is 36.4 Å². The molecular formula is C22H27N3O7S. The van der Waals surface area contributed by atoms with Crippen molar-refractivity contribution in [3.63, 3.8) is 0 Å². The SMILES string of the molecule is O=C(CCCCCCC(=O)Nc1ccc(S(=O)(=O)NC(C(=O)O)c2ccccc2)cc1)NO. The van der Waals surface area contributed by atoms with Crippen molar-refractivity contribution in [3.8, 4) is 0 Å². The number of amides is 2. The lowest BCUT2D eigenvalue weighted by Crippen LogP contribution is -2.33. The highest BCUT2D eigenvalue weighted by molar-refractivity contribution is 7.89. The fourth-order valence-electron chi connectivity index (χ4n) is 3.05. The molecule has 2 aromatic carbocycles. The van der Waals surface area contributed by atoms with E-state index in [1.807, 2.05) is 0 Å². The molecule has 0 bridgehead atoms. The van der Waals surface area contributed by atoms with E-state index in [0.29, 0.717) is 24.1 Å². The van der Waals surface area contributed by atoms with Gasteiger partial charge in [-0.25, -0.2) is 13.9 Å². The molecule has 10 nitrogen and oxygen atoms in total. The van der Waals surface area contributed by atoms with Gasteiger partial charge in [-0.15, -0.1) is 0 Å². The molecule has 0 saturated heterocycles. The average Bonchev–Trinajstić information content (AvgIpc) is 2.80. The molecule has 33 heavy (non-hydrogen) atoms. The number of sulfonamides is 1. The van der Waals surface area contributed by atoms with E-state index in [0.717, 1.165) is 12.8 Å². The third-order valence-corrected chi connectivity index (χ3v) is 6.22. The van der Waals surface area contributed by atoms with Gasteiger partial charge >= 0.3 is 5.97 Å². The Morgan fingerprint density at radius 2 is 1.39 bits per heavy atom. The molecular weight excluding hydrogens is 450 g/mol. The van der Waals surface area contributed by atoms with Crippen molar-refractivity contribution in [2.24, 2.45) is 0 Å². The van der Waals surface area contributed by atoms with Crippen molar-refractivity contribution in [3.05, 3.63) is 60.2 Å². The van der Waals surface area contributed by atoms with E-state index in [-0.39, 0.29) is 23.6 Å². The number of carboxylic acids is 1. The van der Waals surface area contributed by atoms with E-state index in [9.17, 15) is 27.9 Å². The van der Waals surface area contributed by atoms with Crippen molar-refractivity contribution < 1.29 is 33.1 Å². The average molecular weight is 478 g/mol. The van der Waals surface area contributed by atoms with E-state index >= 15 is 0 Å². The highest BCUT2D eigenvalue weighted by Gasteiger charge is 2.26. The number of carbonyl (C=O) groups excluding carboxylic acids is 2. The fourth-order valence-corrected chi connectivity index (χ4v) is 4.23. The normalized spacial score (nSPS) is 12.0. The second-order valence-electron chi connectivity index (χ2n) is 7.32. The predicted octanol–water partition coefficient (Wildman–Crippen LogP) is 2.58. The number of hydroxylamine groups is 1. The first-order chi connectivity index (χ1) is 15.7. The maximum atomic E-state index is 12.6. The summed E-state index contributed by atoms with van der Waals surface area (Å²) in [5.41, 5.74) is 2.28. The Balaban J connectivity index is 1.87. The molecule has 2 rings (SSSR count). The number of hydrogen-bond donors (Lipinski definition) is 5. The van der Waals surface area contributed by atoms with Crippen LogP contribution in [-0.4, -0.2) is 36.5 Å². The summed E-state index contributed by atoms with van der Waals surface area (Å²) in [6.07, 6.45) is 3.24. The maximum Gasteiger partial charge on any atom is 0.326 e. The van der Waals surface area contributed by atoms with Crippen LogP contribution in [0.5, 0.6) is 0 Å². The number of aliphatic carboxylic acids is 1. The molecule has 0 spiro atoms. The molecule has 0 aliphatic heterocycles. The Bertz CT molecular complexity index is 1040. The first kappa shape index (κ1) is 26.0. The third kappa shape index (κ3) is 8.64. The Morgan fingerprint density at radius 3 is 1.94 bits per heavy atom. The molecule has 0 radical (unpaired) electrons. The highest BCUT2D eigenvalue weighted by atomic mass is 32.2. The molecule has 1 atom stereocenters. The first-order valence-electron chi connectivity index (χ1n) is 10.4. The second kappa shape index (κ2) is 12.7. The molecule has 2 aromatic rings. The summed E-state index contributed by atoms with van der Waals surface area (Å²) in [6, 6.07) is 12.0. The van der Waals surface area contributed by atoms with Crippen LogP contribution >= 0.6 is 0 Å². The highest BCUT2D eigenvalue weighted by Crippen LogP contribution is 2.19. The monoisotopic (exact) mass is 477 g/mol. The van der Waals surface area contributed by atoms with Crippen molar-refractivity contribution in [2.45, 2.75) is 49.5 Å². The Labute approximate surface area is 192 Å². The van der Waals surface area contributed by atoms with E-state index in [4.69, 9.17) is 5.21 Å². The van der Waals surface area contributed by atoms with Crippen LogP contribution in [-0.2, 0) is 24.4 Å². The summed E-state index contributed by atoms with van der Waals surface area (Å²) in [7, 11) is -4.12. The Hall–Kier alpha value is -3.28. The topological polar surface area (TPSA) is 162 Å². The van der Waals surface area contributed by atoms with Crippen LogP contribution in [0.25, 0.3) is 0 Å². The standard InChI is InChI=1S/C22H27N3O7S/c26-19(10-6-1-2-7-11-20(27)24-30)23-17-12-14-18(15-13-17)33(31,32)25-21(22(28)29)16-8-4-3-5-9-16/h3-5,8-9,12-15,21,25,30H,1-2,6-7,10-11H2,(H,23,26)(H,24,27)(H,28,29). The van der Waals surface area contributed by atoms with Gasteiger partial charge in [0.2, 0.25) is 21.8 Å². The van der Waals surface area contributed by atoms with Gasteiger partial charge in [0.1, 0.15) is 6.04 Å². The van der Waals surface area contributed by atoms with Gasteiger partial charge in [0.05, 0.1) is 4.90 Å². The molecule has 0 aliphatic carbocycles. The summed E-state index contributed by atoms with van der Waals surface area (Å²) >= 11 is 0. The minimum atomic E-state index is -4.12. The molecule has 0 heterocycles. The second-order valence-corrected chi connectivity index (χ2v) is 9.04. The van der Waals surface area contributed by atoms with Crippen LogP contribution in [0.1, 0.15) is 50.1 Å². The quantitative estimate of drug-likeness (QED) is 0.168. The summed E-state index contributed by atoms with van der Waals surface area (Å²) in [5, 5.41) is 20.5. The smallest absolute Gasteiger partial charge is 0.326 e. The van der Waals surface area contributed by atoms with E-state index in [2.05, 4.69) is 10.0 Å². The summed E-state index contributed by atoms with van der Waals surface area (Å²) in [4.78, 5) is 34.4. The van der Waals surface area contributed by atoms with Crippen LogP contribution in [0.2, 0.25) is 0 Å². The molecule has 1 unspecified atom stereocenters. The number of hydrogen-bond acceptors (Lipinski definition) is 6. The Morgan fingerprint density at radius 1 is 0.818 bits per heavy atom. The fraction of sp³-hybridized carbons (Fsp3) is 0.318. The van der Waals surface area contributed by atoms with Crippen LogP contribution in [0.3, 0.4) is 0 Å². The van der Waals surface area contributed by atoms with E-state index < -0.39 is 27.9 Å². The zero-order chi connectivity index (χ0) is 24.3. The first-order valence-corrected chi connectivity index (χ1v) is 11.8. The van der Waals surface area contributed by atoms with Crippen LogP contribution in [0.4, 0.5) is 5.69 Å². The van der Waals surface area contributed by atoms with Gasteiger partial charge in [0.25, 0.3) is 0 Å². The molecule has 0 saturated carbocycles. The van der Waals surface area contributed by atoms with Crippen molar-refractivity contribution in [1.29, 1.82) is 0 Å². The molecule has 0 fully saturated rings. The Kier molecular flexibility index (Phi) is 9.98. The zero-order valence-electron chi connectivity index (χ0n) is 17.9. The minimum absolute atomic E-state index is 0.130. The van der Waals surface area contributed by atoms with Gasteiger partial charge in [0.15, 0.2) is 0 Å². The third-order valence-electron chi connectivity index (χ3n) is 4.78. The minimum Gasteiger partial charge on any atom is -0.480 e. The van der Waals surface area contributed by atoms with Gasteiger partial charge < -0.3 is 10.4 Å². The van der Waals surface area contributed by atoms with Crippen molar-refractivity contribution in [2.75, 3.05) is 5.32 Å². The summed E-state index contributed by atoms with van der Waals surface area (Å²) < 4.78 is 27.5. The molecule has 0 aliphatic rings. The number of benzene rings is 2. The van der Waals surface area contributed by atoms with Crippen molar-refractivity contribution in [1.82, 2.24) is 10.2 Å². The molecule has 2 amide bonds. The number of rotatable bonds is 13. The number of unbranched alkanes of at least 4 members (excludes halogenated alkanes) is 3. The van der Waals surface area contributed by atoms with Gasteiger partial charge in [-0.1, -0.05) is 43.2 Å². The lowest BCUT2D eigenvalue weighted by molar-refractivity contribution is -0.139.